The zero-order chi connectivity index (χ0) is 27.2. The second-order valence-corrected chi connectivity index (χ2v) is 8.47. The molecule has 15 heteroatoms. The summed E-state index contributed by atoms with van der Waals surface area (Å²) in [7, 11) is 0. The van der Waals surface area contributed by atoms with Crippen LogP contribution in [0.15, 0.2) is 11.0 Å². The summed E-state index contributed by atoms with van der Waals surface area (Å²) >= 11 is 0. The maximum absolute atomic E-state index is 12.5. The molecule has 3 rings (SSSR count). The molecule has 0 spiro atoms. The van der Waals surface area contributed by atoms with Gasteiger partial charge in [-0.25, -0.2) is 14.3 Å². The first-order chi connectivity index (χ1) is 18.5. The number of imidazole rings is 1. The summed E-state index contributed by atoms with van der Waals surface area (Å²) in [5, 5.41) is 16.8. The molecule has 210 valence electrons. The molecule has 0 unspecified atom stereocenters. The Morgan fingerprint density at radius 3 is 2.55 bits per heavy atom. The number of nitrogens with two attached hydrogens (primary N) is 1. The molecule has 15 nitrogen and oxygen atoms in total. The number of ether oxygens (including phenoxy) is 4. The van der Waals surface area contributed by atoms with Crippen LogP contribution in [0.5, 0.6) is 6.01 Å². The molecular weight excluding hydrogens is 500 g/mol. The minimum Gasteiger partial charge on any atom is -0.480 e. The molecule has 0 aromatic carbocycles. The number of H-pyrrole nitrogens is 1. The van der Waals surface area contributed by atoms with Gasteiger partial charge in [0.2, 0.25) is 0 Å². The fraction of sp³-hybridized carbons (Fsp3) is 0.652. The van der Waals surface area contributed by atoms with Crippen molar-refractivity contribution in [3.8, 4) is 6.01 Å². The number of aromatic amines is 1. The van der Waals surface area contributed by atoms with E-state index in [9.17, 15) is 9.59 Å². The number of carbonyl (C=O) groups is 1. The number of carboxylic acids is 1. The van der Waals surface area contributed by atoms with E-state index >= 15 is 0 Å². The predicted octanol–water partition coefficient (Wildman–Crippen LogP) is 0.630. The van der Waals surface area contributed by atoms with E-state index in [1.807, 2.05) is 6.20 Å². The molecule has 0 aliphatic heterocycles. The van der Waals surface area contributed by atoms with E-state index in [0.717, 1.165) is 37.8 Å². The minimum atomic E-state index is -1.00. The molecule has 0 aliphatic carbocycles. The summed E-state index contributed by atoms with van der Waals surface area (Å²) < 4.78 is 24.5. The van der Waals surface area contributed by atoms with Gasteiger partial charge in [-0.2, -0.15) is 9.97 Å². The van der Waals surface area contributed by atoms with Gasteiger partial charge in [0.1, 0.15) is 12.1 Å². The highest BCUT2D eigenvalue weighted by Gasteiger charge is 2.14. The summed E-state index contributed by atoms with van der Waals surface area (Å²) in [6.45, 7) is 5.06. The van der Waals surface area contributed by atoms with Crippen LogP contribution in [0.25, 0.3) is 11.2 Å². The summed E-state index contributed by atoms with van der Waals surface area (Å²) in [4.78, 5) is 34.0. The summed E-state index contributed by atoms with van der Waals surface area (Å²) in [5.41, 5.74) is 7.43. The van der Waals surface area contributed by atoms with Crippen LogP contribution in [0.2, 0.25) is 0 Å². The lowest BCUT2D eigenvalue weighted by Gasteiger charge is -2.06. The number of fused-ring (bicyclic) bond motifs is 1. The van der Waals surface area contributed by atoms with Crippen LogP contribution in [0.1, 0.15) is 38.3 Å². The summed E-state index contributed by atoms with van der Waals surface area (Å²) in [6, 6.07) is 0.173. The molecule has 3 aromatic rings. The minimum absolute atomic E-state index is 0.173. The maximum Gasteiger partial charge on any atom is 0.329 e. The molecule has 0 bridgehead atoms. The first kappa shape index (κ1) is 29.0. The number of unbranched alkanes of at least 4 members (excludes halogenated alkanes) is 2. The third-order valence-corrected chi connectivity index (χ3v) is 5.44. The number of nitrogens with one attached hydrogen (secondary N) is 1. The third kappa shape index (κ3) is 9.39. The lowest BCUT2D eigenvalue weighted by molar-refractivity contribution is -0.142. The van der Waals surface area contributed by atoms with Gasteiger partial charge in [-0.1, -0.05) is 18.6 Å². The quantitative estimate of drug-likeness (QED) is 0.171. The van der Waals surface area contributed by atoms with Crippen molar-refractivity contribution in [2.75, 3.05) is 52.0 Å². The van der Waals surface area contributed by atoms with Gasteiger partial charge in [-0.05, 0) is 25.7 Å². The average Bonchev–Trinajstić information content (AvgIpc) is 3.47. The molecule has 0 aliphatic rings. The standard InChI is InChI=1S/C23H36N8O7/c1-2-3-9-38-22-26-20(24)19-21(27-22)31(23(34)25-19)7-5-4-6-17-15-30(29-28-17)8-10-35-11-12-36-13-14-37-16-18(32)33/h15H,2-14,16H2,1H3,(H,25,34)(H,32,33)(H2,24,26,27). The number of aryl methyl sites for hydroxylation is 2. The zero-order valence-corrected chi connectivity index (χ0v) is 21.6. The highest BCUT2D eigenvalue weighted by Crippen LogP contribution is 2.18. The van der Waals surface area contributed by atoms with Crippen molar-refractivity contribution in [1.82, 2.24) is 34.5 Å². The van der Waals surface area contributed by atoms with Crippen LogP contribution in [-0.2, 0) is 38.5 Å². The number of aromatic nitrogens is 7. The normalized spacial score (nSPS) is 11.4. The zero-order valence-electron chi connectivity index (χ0n) is 21.6. The van der Waals surface area contributed by atoms with Crippen LogP contribution >= 0.6 is 0 Å². The van der Waals surface area contributed by atoms with Gasteiger partial charge in [0, 0.05) is 12.7 Å². The molecule has 0 saturated carbocycles. The van der Waals surface area contributed by atoms with Crippen molar-refractivity contribution >= 4 is 23.0 Å². The van der Waals surface area contributed by atoms with Crippen molar-refractivity contribution in [2.45, 2.75) is 52.1 Å². The highest BCUT2D eigenvalue weighted by molar-refractivity contribution is 5.81. The van der Waals surface area contributed by atoms with Crippen molar-refractivity contribution in [1.29, 1.82) is 0 Å². The van der Waals surface area contributed by atoms with E-state index in [1.54, 1.807) is 9.25 Å². The van der Waals surface area contributed by atoms with Gasteiger partial charge >= 0.3 is 17.7 Å². The Balaban J connectivity index is 1.34. The topological polar surface area (TPSA) is 195 Å². The van der Waals surface area contributed by atoms with Gasteiger partial charge in [-0.3, -0.25) is 4.57 Å². The lowest BCUT2D eigenvalue weighted by atomic mass is 10.2. The maximum atomic E-state index is 12.5. The molecule has 3 aromatic heterocycles. The first-order valence-electron chi connectivity index (χ1n) is 12.7. The number of hydrogen-bond donors (Lipinski definition) is 3. The van der Waals surface area contributed by atoms with Crippen LogP contribution in [0.4, 0.5) is 5.82 Å². The Morgan fingerprint density at radius 1 is 1.03 bits per heavy atom. The van der Waals surface area contributed by atoms with Crippen molar-refractivity contribution in [3.63, 3.8) is 0 Å². The van der Waals surface area contributed by atoms with E-state index in [-0.39, 0.29) is 30.7 Å². The van der Waals surface area contributed by atoms with Gasteiger partial charge in [0.25, 0.3) is 0 Å². The third-order valence-electron chi connectivity index (χ3n) is 5.44. The van der Waals surface area contributed by atoms with E-state index in [4.69, 9.17) is 29.8 Å². The number of nitrogens with zero attached hydrogens (tertiary/aromatic N) is 6. The van der Waals surface area contributed by atoms with Gasteiger partial charge in [0.15, 0.2) is 11.5 Å². The predicted molar refractivity (Wildman–Crippen MR) is 136 cm³/mol. The van der Waals surface area contributed by atoms with E-state index in [2.05, 4.69) is 32.2 Å². The number of hydrogen-bond acceptors (Lipinski definition) is 11. The fourth-order valence-corrected chi connectivity index (χ4v) is 3.51. The smallest absolute Gasteiger partial charge is 0.329 e. The second kappa shape index (κ2) is 15.6. The van der Waals surface area contributed by atoms with Gasteiger partial charge in [-0.15, -0.1) is 5.10 Å². The second-order valence-electron chi connectivity index (χ2n) is 8.47. The summed E-state index contributed by atoms with van der Waals surface area (Å²) in [5.74, 6) is -0.816. The largest absolute Gasteiger partial charge is 0.480 e. The fourth-order valence-electron chi connectivity index (χ4n) is 3.51. The van der Waals surface area contributed by atoms with Gasteiger partial charge < -0.3 is 34.8 Å². The van der Waals surface area contributed by atoms with Crippen LogP contribution in [-0.4, -0.2) is 91.8 Å². The summed E-state index contributed by atoms with van der Waals surface area (Å²) in [6.07, 6.45) is 6.01. The Kier molecular flexibility index (Phi) is 11.9. The molecule has 0 atom stereocenters. The Hall–Kier alpha value is -3.56. The first-order valence-corrected chi connectivity index (χ1v) is 12.7. The van der Waals surface area contributed by atoms with Crippen LogP contribution in [0, 0.1) is 0 Å². The molecule has 4 N–H and O–H groups in total. The van der Waals surface area contributed by atoms with Crippen LogP contribution in [0.3, 0.4) is 0 Å². The van der Waals surface area contributed by atoms with Crippen molar-refractivity contribution in [3.05, 3.63) is 22.4 Å². The number of rotatable bonds is 20. The molecule has 0 amide bonds. The Bertz CT molecular complexity index is 1190. The molecule has 38 heavy (non-hydrogen) atoms. The van der Waals surface area contributed by atoms with E-state index < -0.39 is 5.97 Å². The molecule has 0 saturated heterocycles. The number of nitrogen functional groups attached to an aromatic ring is 1. The number of aliphatic carboxylic acids is 1. The highest BCUT2D eigenvalue weighted by atomic mass is 16.5. The number of carboxylic acid groups (broad SMARTS) is 1. The lowest BCUT2D eigenvalue weighted by Crippen LogP contribution is -2.17. The Labute approximate surface area is 219 Å². The molecule has 3 heterocycles. The Morgan fingerprint density at radius 2 is 1.79 bits per heavy atom. The number of anilines is 1. The molecule has 0 fully saturated rings. The SMILES string of the molecule is CCCCOc1nc(N)c2[nH]c(=O)n(CCCCc3cn(CCOCCOCCOCC(=O)O)nn3)c2n1. The molecule has 0 radical (unpaired) electrons. The van der Waals surface area contributed by atoms with Crippen molar-refractivity contribution < 1.29 is 28.8 Å². The monoisotopic (exact) mass is 536 g/mol. The van der Waals surface area contributed by atoms with E-state index in [0.29, 0.717) is 57.3 Å². The van der Waals surface area contributed by atoms with Gasteiger partial charge in [0.05, 0.1) is 51.9 Å². The average molecular weight is 537 g/mol. The van der Waals surface area contributed by atoms with Crippen molar-refractivity contribution in [2.24, 2.45) is 0 Å². The van der Waals surface area contributed by atoms with Crippen LogP contribution < -0.4 is 16.2 Å². The van der Waals surface area contributed by atoms with E-state index in [1.165, 1.54) is 0 Å². The molecular formula is C23H36N8O7.